The van der Waals surface area contributed by atoms with Gasteiger partial charge in [-0.15, -0.1) is 0 Å². The summed E-state index contributed by atoms with van der Waals surface area (Å²) in [4.78, 5) is 17.9. The molecule has 1 atom stereocenters. The van der Waals surface area contributed by atoms with Crippen LogP contribution in [0.3, 0.4) is 0 Å². The predicted molar refractivity (Wildman–Crippen MR) is 72.8 cm³/mol. The van der Waals surface area contributed by atoms with E-state index in [4.69, 9.17) is 4.74 Å². The minimum absolute atomic E-state index is 0.233. The van der Waals surface area contributed by atoms with Gasteiger partial charge in [-0.3, -0.25) is 4.79 Å². The molecule has 0 saturated heterocycles. The topological polar surface area (TPSA) is 81.5 Å². The molecule has 0 bridgehead atoms. The van der Waals surface area contributed by atoms with Crippen LogP contribution in [-0.4, -0.2) is 54.4 Å². The van der Waals surface area contributed by atoms with Crippen molar-refractivity contribution in [2.45, 2.75) is 26.1 Å². The van der Waals surface area contributed by atoms with Gasteiger partial charge in [0.1, 0.15) is 11.6 Å². The molecule has 8 heteroatoms. The van der Waals surface area contributed by atoms with Crippen LogP contribution in [0.25, 0.3) is 0 Å². The van der Waals surface area contributed by atoms with Crippen molar-refractivity contribution in [3.8, 4) is 0 Å². The summed E-state index contributed by atoms with van der Waals surface area (Å²) < 4.78 is 29.6. The second kappa shape index (κ2) is 5.53. The first-order chi connectivity index (χ1) is 9.33. The molecular weight excluding hydrogens is 282 g/mol. The monoisotopic (exact) mass is 301 g/mol. The van der Waals surface area contributed by atoms with Gasteiger partial charge in [0.2, 0.25) is 5.91 Å². The molecule has 0 aromatic carbocycles. The highest BCUT2D eigenvalue weighted by Crippen LogP contribution is 2.25. The molecule has 1 amide bonds. The number of sulfone groups is 1. The van der Waals surface area contributed by atoms with Gasteiger partial charge in [-0.1, -0.05) is 0 Å². The zero-order chi connectivity index (χ0) is 14.9. The largest absolute Gasteiger partial charge is 0.378 e. The summed E-state index contributed by atoms with van der Waals surface area (Å²) in [5.74, 6) is -0.0594. The Labute approximate surface area is 118 Å². The van der Waals surface area contributed by atoms with Crippen molar-refractivity contribution >= 4 is 15.7 Å². The predicted octanol–water partition coefficient (Wildman–Crippen LogP) is -0.0227. The number of aromatic nitrogens is 2. The minimum atomic E-state index is -3.32. The minimum Gasteiger partial charge on any atom is -0.378 e. The Hall–Kier alpha value is -1.41. The van der Waals surface area contributed by atoms with Gasteiger partial charge in [-0.05, 0) is 6.92 Å². The average molecular weight is 301 g/mol. The van der Waals surface area contributed by atoms with Crippen LogP contribution in [-0.2, 0) is 32.5 Å². The number of hydrogen-bond acceptors (Lipinski definition) is 5. The summed E-state index contributed by atoms with van der Waals surface area (Å²) in [7, 11) is -1.70. The van der Waals surface area contributed by atoms with Gasteiger partial charge in [0.05, 0.1) is 24.5 Å². The van der Waals surface area contributed by atoms with E-state index in [2.05, 4.69) is 4.98 Å². The molecule has 2 rings (SSSR count). The number of methoxy groups -OCH3 is 1. The van der Waals surface area contributed by atoms with E-state index in [1.165, 1.54) is 0 Å². The van der Waals surface area contributed by atoms with Gasteiger partial charge in [0.25, 0.3) is 0 Å². The molecule has 0 aliphatic carbocycles. The molecule has 0 spiro atoms. The van der Waals surface area contributed by atoms with Gasteiger partial charge in [-0.25, -0.2) is 13.4 Å². The smallest absolute Gasteiger partial charge is 0.238 e. The fraction of sp³-hybridized carbons (Fsp3) is 0.667. The number of imidazole rings is 1. The number of carbonyl (C=O) groups excluding carboxylic acids is 1. The maximum atomic E-state index is 12.1. The van der Waals surface area contributed by atoms with Crippen LogP contribution in [0.5, 0.6) is 0 Å². The van der Waals surface area contributed by atoms with Gasteiger partial charge < -0.3 is 14.2 Å². The maximum absolute atomic E-state index is 12.1. The normalized spacial score (nSPS) is 18.9. The van der Waals surface area contributed by atoms with Crippen LogP contribution in [0.4, 0.5) is 0 Å². The van der Waals surface area contributed by atoms with E-state index in [0.717, 1.165) is 17.8 Å². The van der Waals surface area contributed by atoms with E-state index in [0.29, 0.717) is 19.7 Å². The van der Waals surface area contributed by atoms with Crippen molar-refractivity contribution in [1.29, 1.82) is 0 Å². The molecule has 112 valence electrons. The highest BCUT2D eigenvalue weighted by Gasteiger charge is 2.31. The number of nitrogens with zero attached hydrogens (tertiary/aromatic N) is 3. The summed E-state index contributed by atoms with van der Waals surface area (Å²) in [6.07, 6.45) is 2.80. The Morgan fingerprint density at radius 2 is 2.20 bits per heavy atom. The Kier molecular flexibility index (Phi) is 4.14. The quantitative estimate of drug-likeness (QED) is 0.780. The fourth-order valence-electron chi connectivity index (χ4n) is 2.47. The summed E-state index contributed by atoms with van der Waals surface area (Å²) in [5.41, 5.74) is 0.963. The second-order valence-corrected chi connectivity index (χ2v) is 7.17. The zero-order valence-corrected chi connectivity index (χ0v) is 12.7. The number of ether oxygens (including phenoxy) is 1. The van der Waals surface area contributed by atoms with Gasteiger partial charge in [0.15, 0.2) is 9.84 Å². The number of amides is 1. The molecule has 1 aromatic rings. The van der Waals surface area contributed by atoms with E-state index < -0.39 is 15.6 Å². The summed E-state index contributed by atoms with van der Waals surface area (Å²) in [5, 5.41) is 0. The molecule has 2 heterocycles. The number of hydrogen-bond donors (Lipinski definition) is 0. The van der Waals surface area contributed by atoms with Crippen LogP contribution in [0.1, 0.15) is 24.5 Å². The van der Waals surface area contributed by atoms with E-state index in [-0.39, 0.29) is 11.9 Å². The molecule has 0 fully saturated rings. The van der Waals surface area contributed by atoms with Gasteiger partial charge in [-0.2, -0.15) is 0 Å². The van der Waals surface area contributed by atoms with Gasteiger partial charge in [0, 0.05) is 26.5 Å². The average Bonchev–Trinajstić information content (AvgIpc) is 2.72. The van der Waals surface area contributed by atoms with E-state index in [1.807, 2.05) is 11.5 Å². The molecule has 20 heavy (non-hydrogen) atoms. The Morgan fingerprint density at radius 1 is 1.50 bits per heavy atom. The third-order valence-corrected chi connectivity index (χ3v) is 4.14. The Morgan fingerprint density at radius 3 is 2.80 bits per heavy atom. The summed E-state index contributed by atoms with van der Waals surface area (Å²) in [6, 6.07) is -0.233. The molecular formula is C12H19N3O4S. The standard InChI is InChI=1S/C12H19N3O4S/c1-9-12-13-6-10(7-19-2)15(12)5-4-14(9)11(16)8-20(3,17)18/h6,9H,4-5,7-8H2,1-3H3. The fourth-order valence-corrected chi connectivity index (χ4v) is 3.08. The molecule has 1 aliphatic heterocycles. The molecule has 0 N–H and O–H groups in total. The van der Waals surface area contributed by atoms with Crippen LogP contribution < -0.4 is 0 Å². The first-order valence-corrected chi connectivity index (χ1v) is 8.40. The van der Waals surface area contributed by atoms with Gasteiger partial charge >= 0.3 is 0 Å². The Bertz CT molecular complexity index is 608. The lowest BCUT2D eigenvalue weighted by Gasteiger charge is -2.34. The third kappa shape index (κ3) is 3.01. The highest BCUT2D eigenvalue weighted by atomic mass is 32.2. The zero-order valence-electron chi connectivity index (χ0n) is 11.9. The molecule has 1 aliphatic rings. The van der Waals surface area contributed by atoms with Crippen molar-refractivity contribution in [1.82, 2.24) is 14.5 Å². The number of carbonyl (C=O) groups is 1. The second-order valence-electron chi connectivity index (χ2n) is 5.03. The van der Waals surface area contributed by atoms with E-state index in [1.54, 1.807) is 18.2 Å². The first kappa shape index (κ1) is 15.0. The lowest BCUT2D eigenvalue weighted by molar-refractivity contribution is -0.131. The van der Waals surface area contributed by atoms with Crippen LogP contribution in [0.2, 0.25) is 0 Å². The maximum Gasteiger partial charge on any atom is 0.238 e. The number of rotatable bonds is 4. The van der Waals surface area contributed by atoms with Crippen molar-refractivity contribution < 1.29 is 17.9 Å². The molecule has 0 radical (unpaired) electrons. The van der Waals surface area contributed by atoms with Crippen LogP contribution in [0, 0.1) is 0 Å². The third-order valence-electron chi connectivity index (χ3n) is 3.37. The molecule has 0 saturated carbocycles. The molecule has 7 nitrogen and oxygen atoms in total. The highest BCUT2D eigenvalue weighted by molar-refractivity contribution is 7.91. The van der Waals surface area contributed by atoms with Crippen LogP contribution >= 0.6 is 0 Å². The summed E-state index contributed by atoms with van der Waals surface area (Å²) in [6.45, 7) is 3.41. The van der Waals surface area contributed by atoms with Crippen molar-refractivity contribution in [3.05, 3.63) is 17.7 Å². The summed E-state index contributed by atoms with van der Waals surface area (Å²) >= 11 is 0. The number of fused-ring (bicyclic) bond motifs is 1. The lowest BCUT2D eigenvalue weighted by Crippen LogP contribution is -2.43. The van der Waals surface area contributed by atoms with Crippen molar-refractivity contribution in [2.24, 2.45) is 0 Å². The SMILES string of the molecule is COCc1cnc2n1CCN(C(=O)CS(C)(=O)=O)C2C. The Balaban J connectivity index is 2.19. The van der Waals surface area contributed by atoms with E-state index >= 15 is 0 Å². The van der Waals surface area contributed by atoms with Crippen LogP contribution in [0.15, 0.2) is 6.20 Å². The van der Waals surface area contributed by atoms with E-state index in [9.17, 15) is 13.2 Å². The molecule has 1 aromatic heterocycles. The molecule has 1 unspecified atom stereocenters. The van der Waals surface area contributed by atoms with Crippen molar-refractivity contribution in [3.63, 3.8) is 0 Å². The first-order valence-electron chi connectivity index (χ1n) is 6.34. The lowest BCUT2D eigenvalue weighted by atomic mass is 10.2. The van der Waals surface area contributed by atoms with Crippen molar-refractivity contribution in [2.75, 3.05) is 25.7 Å².